The first-order valence-electron chi connectivity index (χ1n) is 9.34. The molecule has 0 spiro atoms. The molecule has 1 heterocycles. The predicted molar refractivity (Wildman–Crippen MR) is 125 cm³/mol. The Kier molecular flexibility index (Phi) is 8.83. The molecule has 1 N–H and O–H groups in total. The second-order valence-corrected chi connectivity index (χ2v) is 8.78. The summed E-state index contributed by atoms with van der Waals surface area (Å²) in [5.74, 6) is -0.383. The molecule has 3 rings (SSSR count). The van der Waals surface area contributed by atoms with E-state index in [0.29, 0.717) is 37.0 Å². The maximum absolute atomic E-state index is 14.0. The van der Waals surface area contributed by atoms with Crippen LogP contribution in [0.1, 0.15) is 0 Å². The maximum Gasteiger partial charge on any atom is 0.193 e. The number of nitrogens with zero attached hydrogens (tertiary/aromatic N) is 3. The van der Waals surface area contributed by atoms with Crippen LogP contribution >= 0.6 is 24.0 Å². The third-order valence-electron chi connectivity index (χ3n) is 4.80. The number of guanidine groups is 1. The molecule has 0 amide bonds. The molecule has 1 aliphatic rings. The Bertz CT molecular complexity index is 966. The van der Waals surface area contributed by atoms with E-state index in [9.17, 15) is 17.2 Å². The lowest BCUT2D eigenvalue weighted by molar-refractivity contribution is 0.371. The van der Waals surface area contributed by atoms with E-state index in [-0.39, 0.29) is 42.0 Å². The van der Waals surface area contributed by atoms with Gasteiger partial charge in [-0.15, -0.1) is 24.0 Å². The number of rotatable bonds is 5. The van der Waals surface area contributed by atoms with Crippen LogP contribution in [0.15, 0.2) is 58.4 Å². The molecular formula is C20H25F2IN4O2S. The zero-order valence-corrected chi connectivity index (χ0v) is 19.7. The molecule has 1 fully saturated rings. The average molecular weight is 550 g/mol. The number of aliphatic imine (C=N–C) groups is 1. The Morgan fingerprint density at radius 2 is 1.73 bits per heavy atom. The molecular weight excluding hydrogens is 525 g/mol. The van der Waals surface area contributed by atoms with Crippen LogP contribution in [0.3, 0.4) is 0 Å². The van der Waals surface area contributed by atoms with E-state index in [1.807, 2.05) is 4.90 Å². The first-order chi connectivity index (χ1) is 13.9. The molecule has 0 aromatic heterocycles. The fraction of sp³-hybridized carbons (Fsp3) is 0.350. The van der Waals surface area contributed by atoms with Crippen LogP contribution in [0, 0.1) is 11.6 Å². The molecule has 2 aromatic carbocycles. The Labute approximate surface area is 192 Å². The number of anilines is 1. The highest BCUT2D eigenvalue weighted by atomic mass is 127. The summed E-state index contributed by atoms with van der Waals surface area (Å²) in [6.07, 6.45) is 0. The minimum Gasteiger partial charge on any atom is -0.366 e. The molecule has 0 bridgehead atoms. The van der Waals surface area contributed by atoms with Gasteiger partial charge in [0.05, 0.1) is 16.3 Å². The van der Waals surface area contributed by atoms with Gasteiger partial charge in [-0.25, -0.2) is 17.2 Å². The summed E-state index contributed by atoms with van der Waals surface area (Å²) >= 11 is 0. The van der Waals surface area contributed by atoms with Crippen molar-refractivity contribution in [2.24, 2.45) is 4.99 Å². The number of sulfone groups is 1. The third-order valence-corrected chi connectivity index (χ3v) is 6.53. The molecule has 1 saturated heterocycles. The number of halogens is 3. The van der Waals surface area contributed by atoms with E-state index in [0.717, 1.165) is 12.1 Å². The molecule has 1 aliphatic heterocycles. The maximum atomic E-state index is 14.0. The molecule has 6 nitrogen and oxygen atoms in total. The summed E-state index contributed by atoms with van der Waals surface area (Å²) in [4.78, 5) is 8.28. The van der Waals surface area contributed by atoms with Crippen LogP contribution < -0.4 is 10.2 Å². The lowest BCUT2D eigenvalue weighted by Gasteiger charge is -2.37. The zero-order valence-electron chi connectivity index (χ0n) is 16.6. The summed E-state index contributed by atoms with van der Waals surface area (Å²) in [5.41, 5.74) is 0.251. The van der Waals surface area contributed by atoms with Gasteiger partial charge >= 0.3 is 0 Å². The highest BCUT2D eigenvalue weighted by Crippen LogP contribution is 2.22. The third kappa shape index (κ3) is 6.03. The first-order valence-corrected chi connectivity index (χ1v) is 11.0. The van der Waals surface area contributed by atoms with Crippen LogP contribution in [-0.2, 0) is 9.84 Å². The molecule has 164 valence electrons. The molecule has 0 atom stereocenters. The fourth-order valence-electron chi connectivity index (χ4n) is 3.26. The molecule has 10 heteroatoms. The van der Waals surface area contributed by atoms with E-state index in [2.05, 4.69) is 10.3 Å². The number of hydrogen-bond donors (Lipinski definition) is 1. The minimum atomic E-state index is -3.37. The predicted octanol–water partition coefficient (Wildman–Crippen LogP) is 2.75. The van der Waals surface area contributed by atoms with E-state index in [1.165, 1.54) is 6.07 Å². The molecule has 2 aromatic rings. The SMILES string of the molecule is CN=C(NCCS(=O)(=O)c1ccccc1)N1CCN(c2cc(F)ccc2F)CC1.I. The topological polar surface area (TPSA) is 65.0 Å². The van der Waals surface area contributed by atoms with Crippen LogP contribution in [0.2, 0.25) is 0 Å². The van der Waals surface area contributed by atoms with E-state index < -0.39 is 21.5 Å². The van der Waals surface area contributed by atoms with Crippen molar-refractivity contribution in [2.75, 3.05) is 50.4 Å². The standard InChI is InChI=1S/C20H24F2N4O2S.HI/c1-23-20(24-9-14-29(27,28)17-5-3-2-4-6-17)26-12-10-25(11-13-26)19-15-16(21)7-8-18(19)22;/h2-8,15H,9-14H2,1H3,(H,23,24);1H. The quantitative estimate of drug-likeness (QED) is 0.353. The minimum absolute atomic E-state index is 0. The molecule has 0 radical (unpaired) electrons. The number of nitrogens with one attached hydrogen (secondary N) is 1. The van der Waals surface area contributed by atoms with Gasteiger partial charge in [0, 0.05) is 45.8 Å². The lowest BCUT2D eigenvalue weighted by atomic mass is 10.2. The smallest absolute Gasteiger partial charge is 0.193 e. The summed E-state index contributed by atoms with van der Waals surface area (Å²) in [7, 11) is -1.74. The largest absolute Gasteiger partial charge is 0.366 e. The van der Waals surface area contributed by atoms with E-state index >= 15 is 0 Å². The number of hydrogen-bond acceptors (Lipinski definition) is 4. The van der Waals surface area contributed by atoms with E-state index in [1.54, 1.807) is 42.3 Å². The Balaban J connectivity index is 0.00000320. The van der Waals surface area contributed by atoms with Gasteiger partial charge in [0.25, 0.3) is 0 Å². The van der Waals surface area contributed by atoms with Crippen molar-refractivity contribution in [2.45, 2.75) is 4.90 Å². The molecule has 0 unspecified atom stereocenters. The lowest BCUT2D eigenvalue weighted by Crippen LogP contribution is -2.53. The highest BCUT2D eigenvalue weighted by molar-refractivity contribution is 14.0. The van der Waals surface area contributed by atoms with Gasteiger partial charge in [-0.1, -0.05) is 18.2 Å². The fourth-order valence-corrected chi connectivity index (χ4v) is 4.44. The Hall–Kier alpha value is -1.95. The molecule has 0 saturated carbocycles. The summed E-state index contributed by atoms with van der Waals surface area (Å²) < 4.78 is 52.2. The van der Waals surface area contributed by atoms with Crippen molar-refractivity contribution in [3.8, 4) is 0 Å². The van der Waals surface area contributed by atoms with Gasteiger partial charge in [-0.05, 0) is 24.3 Å². The van der Waals surface area contributed by atoms with Crippen molar-refractivity contribution in [1.82, 2.24) is 10.2 Å². The van der Waals surface area contributed by atoms with Gasteiger partial charge < -0.3 is 15.1 Å². The zero-order chi connectivity index (χ0) is 20.9. The van der Waals surface area contributed by atoms with Crippen molar-refractivity contribution >= 4 is 45.5 Å². The summed E-state index contributed by atoms with van der Waals surface area (Å²) in [5, 5.41) is 3.08. The van der Waals surface area contributed by atoms with Gasteiger partial charge in [-0.3, -0.25) is 4.99 Å². The second-order valence-electron chi connectivity index (χ2n) is 6.68. The monoisotopic (exact) mass is 550 g/mol. The van der Waals surface area contributed by atoms with Crippen molar-refractivity contribution < 1.29 is 17.2 Å². The average Bonchev–Trinajstić information content (AvgIpc) is 2.74. The van der Waals surface area contributed by atoms with Gasteiger partial charge in [0.15, 0.2) is 15.8 Å². The normalized spacial score (nSPS) is 15.0. The van der Waals surface area contributed by atoms with Crippen molar-refractivity contribution in [3.05, 3.63) is 60.2 Å². The van der Waals surface area contributed by atoms with Crippen LogP contribution in [-0.4, -0.2) is 64.8 Å². The van der Waals surface area contributed by atoms with Gasteiger partial charge in [-0.2, -0.15) is 0 Å². The Morgan fingerprint density at radius 3 is 2.37 bits per heavy atom. The van der Waals surface area contributed by atoms with Crippen molar-refractivity contribution in [1.29, 1.82) is 0 Å². The summed E-state index contributed by atoms with van der Waals surface area (Å²) in [6, 6.07) is 11.8. The molecule has 0 aliphatic carbocycles. The Morgan fingerprint density at radius 1 is 1.07 bits per heavy atom. The number of benzene rings is 2. The molecule has 30 heavy (non-hydrogen) atoms. The van der Waals surface area contributed by atoms with Crippen LogP contribution in [0.4, 0.5) is 14.5 Å². The van der Waals surface area contributed by atoms with Crippen molar-refractivity contribution in [3.63, 3.8) is 0 Å². The van der Waals surface area contributed by atoms with Gasteiger partial charge in [0.1, 0.15) is 11.6 Å². The van der Waals surface area contributed by atoms with Crippen LogP contribution in [0.5, 0.6) is 0 Å². The highest BCUT2D eigenvalue weighted by Gasteiger charge is 2.22. The first kappa shape index (κ1) is 24.3. The van der Waals surface area contributed by atoms with E-state index in [4.69, 9.17) is 0 Å². The number of piperazine rings is 1. The summed E-state index contributed by atoms with van der Waals surface area (Å²) in [6.45, 7) is 2.34. The van der Waals surface area contributed by atoms with Crippen LogP contribution in [0.25, 0.3) is 0 Å². The van der Waals surface area contributed by atoms with Gasteiger partial charge in [0.2, 0.25) is 0 Å². The second kappa shape index (κ2) is 10.9.